The summed E-state index contributed by atoms with van der Waals surface area (Å²) in [4.78, 5) is 11.5. The molecule has 1 saturated heterocycles. The first-order valence-electron chi connectivity index (χ1n) is 8.31. The van der Waals surface area contributed by atoms with Gasteiger partial charge >= 0.3 is 0 Å². The fraction of sp³-hybridized carbons (Fsp3) is 0.263. The number of nitrogens with one attached hydrogen (secondary N) is 1. The van der Waals surface area contributed by atoms with Gasteiger partial charge in [0.15, 0.2) is 0 Å². The zero-order chi connectivity index (χ0) is 16.5. The number of piperidine rings is 1. The Kier molecular flexibility index (Phi) is 3.78. The van der Waals surface area contributed by atoms with Crippen LogP contribution in [0.15, 0.2) is 48.7 Å². The third-order valence-corrected chi connectivity index (χ3v) is 4.77. The molecule has 2 heterocycles. The van der Waals surface area contributed by atoms with E-state index in [4.69, 9.17) is 5.73 Å². The second-order valence-electron chi connectivity index (χ2n) is 6.30. The summed E-state index contributed by atoms with van der Waals surface area (Å²) >= 11 is 0. The van der Waals surface area contributed by atoms with Gasteiger partial charge in [-0.05, 0) is 55.6 Å². The largest absolute Gasteiger partial charge is 0.366 e. The van der Waals surface area contributed by atoms with Gasteiger partial charge in [0.25, 0.3) is 5.91 Å². The average molecular weight is 320 g/mol. The molecule has 1 amide bonds. The summed E-state index contributed by atoms with van der Waals surface area (Å²) in [6.45, 7) is 2.18. The summed E-state index contributed by atoms with van der Waals surface area (Å²) in [7, 11) is 0. The highest BCUT2D eigenvalue weighted by Gasteiger charge is 2.15. The maximum absolute atomic E-state index is 11.5. The van der Waals surface area contributed by atoms with Gasteiger partial charge < -0.3 is 11.1 Å². The Morgan fingerprint density at radius 3 is 2.58 bits per heavy atom. The minimum atomic E-state index is -0.452. The van der Waals surface area contributed by atoms with Gasteiger partial charge in [-0.25, -0.2) is 4.68 Å². The van der Waals surface area contributed by atoms with Crippen LogP contribution in [0.5, 0.6) is 0 Å². The number of primary amides is 1. The number of carbonyl (C=O) groups is 1. The lowest BCUT2D eigenvalue weighted by atomic mass is 9.90. The molecule has 0 saturated carbocycles. The highest BCUT2D eigenvalue weighted by atomic mass is 16.1. The number of rotatable bonds is 3. The molecule has 1 fully saturated rings. The molecule has 0 spiro atoms. The second kappa shape index (κ2) is 6.09. The first kappa shape index (κ1) is 14.9. The van der Waals surface area contributed by atoms with E-state index >= 15 is 0 Å². The Hall–Kier alpha value is -2.66. The van der Waals surface area contributed by atoms with Crippen molar-refractivity contribution in [1.29, 1.82) is 0 Å². The summed E-state index contributed by atoms with van der Waals surface area (Å²) in [6.07, 6.45) is 4.31. The van der Waals surface area contributed by atoms with Crippen molar-refractivity contribution in [2.24, 2.45) is 5.73 Å². The molecule has 24 heavy (non-hydrogen) atoms. The molecule has 0 atom stereocenters. The van der Waals surface area contributed by atoms with Gasteiger partial charge in [0.05, 0.1) is 11.3 Å². The minimum absolute atomic E-state index is 0.452. The van der Waals surface area contributed by atoms with Crippen molar-refractivity contribution in [2.75, 3.05) is 13.1 Å². The Bertz CT molecular complexity index is 876. The number of nitrogens with zero attached hydrogens (tertiary/aromatic N) is 2. The van der Waals surface area contributed by atoms with Crippen LogP contribution in [0.3, 0.4) is 0 Å². The molecule has 5 heteroatoms. The monoisotopic (exact) mass is 320 g/mol. The molecule has 3 aromatic rings. The molecule has 2 aromatic carbocycles. The van der Waals surface area contributed by atoms with Crippen LogP contribution >= 0.6 is 0 Å². The second-order valence-corrected chi connectivity index (χ2v) is 6.30. The third kappa shape index (κ3) is 2.67. The fourth-order valence-corrected chi connectivity index (χ4v) is 3.43. The Labute approximate surface area is 140 Å². The molecular formula is C19H20N4O. The van der Waals surface area contributed by atoms with E-state index in [1.807, 2.05) is 23.0 Å². The predicted molar refractivity (Wildman–Crippen MR) is 94.4 cm³/mol. The summed E-state index contributed by atoms with van der Waals surface area (Å²) in [6, 6.07) is 14.0. The van der Waals surface area contributed by atoms with Crippen LogP contribution in [-0.2, 0) is 0 Å². The first-order valence-corrected chi connectivity index (χ1v) is 8.31. The fourth-order valence-electron chi connectivity index (χ4n) is 3.43. The zero-order valence-corrected chi connectivity index (χ0v) is 13.4. The number of benzene rings is 2. The number of amides is 1. The number of nitrogens with two attached hydrogens (primary N) is 1. The van der Waals surface area contributed by atoms with E-state index in [0.717, 1.165) is 24.2 Å². The highest BCUT2D eigenvalue weighted by molar-refractivity contribution is 6.04. The Morgan fingerprint density at radius 2 is 1.88 bits per heavy atom. The summed E-state index contributed by atoms with van der Waals surface area (Å²) < 4.78 is 1.81. The molecule has 3 N–H and O–H groups in total. The van der Waals surface area contributed by atoms with Gasteiger partial charge in [-0.2, -0.15) is 5.10 Å². The van der Waals surface area contributed by atoms with E-state index in [0.29, 0.717) is 17.0 Å². The maximum atomic E-state index is 11.5. The Morgan fingerprint density at radius 1 is 1.12 bits per heavy atom. The molecular weight excluding hydrogens is 300 g/mol. The topological polar surface area (TPSA) is 72.9 Å². The third-order valence-electron chi connectivity index (χ3n) is 4.77. The van der Waals surface area contributed by atoms with Crippen molar-refractivity contribution >= 4 is 16.8 Å². The molecule has 1 aliphatic rings. The standard InChI is InChI=1S/C19H20N4O/c20-19(24)17-3-1-2-15-12-23(22-18(15)17)16-6-4-13(5-7-16)14-8-10-21-11-9-14/h1-7,12,14,21H,8-11H2,(H2,20,24). The molecule has 0 radical (unpaired) electrons. The van der Waals surface area contributed by atoms with Crippen molar-refractivity contribution in [3.8, 4) is 5.69 Å². The van der Waals surface area contributed by atoms with Gasteiger partial charge in [0, 0.05) is 11.6 Å². The van der Waals surface area contributed by atoms with Crippen LogP contribution in [0.25, 0.3) is 16.6 Å². The molecule has 4 rings (SSSR count). The van der Waals surface area contributed by atoms with Crippen LogP contribution in [0, 0.1) is 0 Å². The van der Waals surface area contributed by atoms with Crippen molar-refractivity contribution in [3.63, 3.8) is 0 Å². The van der Waals surface area contributed by atoms with Crippen molar-refractivity contribution in [1.82, 2.24) is 15.1 Å². The zero-order valence-electron chi connectivity index (χ0n) is 13.4. The summed E-state index contributed by atoms with van der Waals surface area (Å²) in [5.41, 5.74) is 8.91. The average Bonchev–Trinajstić information content (AvgIpc) is 3.06. The predicted octanol–water partition coefficient (Wildman–Crippen LogP) is 2.59. The van der Waals surface area contributed by atoms with Crippen molar-refractivity contribution in [3.05, 3.63) is 59.8 Å². The molecule has 0 bridgehead atoms. The number of fused-ring (bicyclic) bond motifs is 1. The SMILES string of the molecule is NC(=O)c1cccc2cn(-c3ccc(C4CCNCC4)cc3)nc12. The number of carbonyl (C=O) groups excluding carboxylic acids is 1. The van der Waals surface area contributed by atoms with Crippen LogP contribution in [0.4, 0.5) is 0 Å². The normalized spacial score (nSPS) is 15.7. The van der Waals surface area contributed by atoms with Gasteiger partial charge in [-0.3, -0.25) is 4.79 Å². The molecule has 0 unspecified atom stereocenters. The van der Waals surface area contributed by atoms with Crippen LogP contribution in [-0.4, -0.2) is 28.8 Å². The number of hydrogen-bond acceptors (Lipinski definition) is 3. The van der Waals surface area contributed by atoms with Crippen LogP contribution < -0.4 is 11.1 Å². The smallest absolute Gasteiger partial charge is 0.250 e. The van der Waals surface area contributed by atoms with Gasteiger partial charge in [-0.15, -0.1) is 0 Å². The molecule has 5 nitrogen and oxygen atoms in total. The lowest BCUT2D eigenvalue weighted by Crippen LogP contribution is -2.26. The van der Waals surface area contributed by atoms with E-state index in [2.05, 4.69) is 34.7 Å². The first-order chi connectivity index (χ1) is 11.7. The van der Waals surface area contributed by atoms with E-state index in [-0.39, 0.29) is 0 Å². The summed E-state index contributed by atoms with van der Waals surface area (Å²) in [5, 5.41) is 8.86. The lowest BCUT2D eigenvalue weighted by molar-refractivity contribution is 0.100. The van der Waals surface area contributed by atoms with Crippen LogP contribution in [0.1, 0.15) is 34.7 Å². The van der Waals surface area contributed by atoms with Gasteiger partial charge in [-0.1, -0.05) is 24.3 Å². The van der Waals surface area contributed by atoms with Crippen molar-refractivity contribution < 1.29 is 4.79 Å². The molecule has 0 aliphatic carbocycles. The van der Waals surface area contributed by atoms with E-state index in [1.165, 1.54) is 18.4 Å². The van der Waals surface area contributed by atoms with Crippen molar-refractivity contribution in [2.45, 2.75) is 18.8 Å². The van der Waals surface area contributed by atoms with E-state index < -0.39 is 5.91 Å². The Balaban J connectivity index is 1.67. The van der Waals surface area contributed by atoms with E-state index in [1.54, 1.807) is 6.07 Å². The number of hydrogen-bond donors (Lipinski definition) is 2. The highest BCUT2D eigenvalue weighted by Crippen LogP contribution is 2.26. The van der Waals surface area contributed by atoms with Crippen LogP contribution in [0.2, 0.25) is 0 Å². The quantitative estimate of drug-likeness (QED) is 0.779. The van der Waals surface area contributed by atoms with E-state index in [9.17, 15) is 4.79 Å². The van der Waals surface area contributed by atoms with Gasteiger partial charge in [0.1, 0.15) is 5.52 Å². The summed E-state index contributed by atoms with van der Waals surface area (Å²) in [5.74, 6) is 0.186. The molecule has 1 aliphatic heterocycles. The molecule has 1 aromatic heterocycles. The number of aromatic nitrogens is 2. The maximum Gasteiger partial charge on any atom is 0.250 e. The van der Waals surface area contributed by atoms with Gasteiger partial charge in [0.2, 0.25) is 0 Å². The molecule has 122 valence electrons. The minimum Gasteiger partial charge on any atom is -0.366 e. The lowest BCUT2D eigenvalue weighted by Gasteiger charge is -2.23.